The summed E-state index contributed by atoms with van der Waals surface area (Å²) in [6.07, 6.45) is 5.60. The molecule has 0 saturated carbocycles. The first-order valence-corrected chi connectivity index (χ1v) is 7.56. The molecule has 3 heteroatoms. The first kappa shape index (κ1) is 13.1. The zero-order valence-corrected chi connectivity index (χ0v) is 11.9. The number of thiophene rings is 1. The van der Waals surface area contributed by atoms with Gasteiger partial charge in [0.1, 0.15) is 0 Å². The molecule has 17 heavy (non-hydrogen) atoms. The van der Waals surface area contributed by atoms with Crippen molar-refractivity contribution in [2.45, 2.75) is 45.7 Å². The molecule has 1 aromatic heterocycles. The Hall–Kier alpha value is -0.380. The number of hydrogen-bond acceptors (Lipinski definition) is 3. The number of rotatable bonds is 4. The summed E-state index contributed by atoms with van der Waals surface area (Å²) in [6.45, 7) is 7.00. The molecule has 2 nitrogen and oxygen atoms in total. The summed E-state index contributed by atoms with van der Waals surface area (Å²) in [6, 6.07) is 2.39. The van der Waals surface area contributed by atoms with E-state index in [2.05, 4.69) is 23.2 Å². The van der Waals surface area contributed by atoms with Crippen LogP contribution in [0.25, 0.3) is 0 Å². The average molecular weight is 252 g/mol. The molecule has 0 spiro atoms. The van der Waals surface area contributed by atoms with E-state index in [9.17, 15) is 0 Å². The van der Waals surface area contributed by atoms with Gasteiger partial charge >= 0.3 is 0 Å². The highest BCUT2D eigenvalue weighted by atomic mass is 32.1. The first-order chi connectivity index (χ1) is 8.29. The van der Waals surface area contributed by atoms with Crippen LogP contribution in [0.4, 0.5) is 0 Å². The van der Waals surface area contributed by atoms with Crippen molar-refractivity contribution in [1.82, 2.24) is 10.2 Å². The zero-order chi connectivity index (χ0) is 12.1. The number of nitrogens with one attached hydrogen (secondary N) is 1. The summed E-state index contributed by atoms with van der Waals surface area (Å²) in [5.74, 6) is 0. The van der Waals surface area contributed by atoms with E-state index in [1.165, 1.54) is 48.5 Å². The molecule has 1 aromatic rings. The maximum Gasteiger partial charge on any atom is 0.0296 e. The molecule has 0 atom stereocenters. The van der Waals surface area contributed by atoms with Crippen molar-refractivity contribution in [1.29, 1.82) is 0 Å². The van der Waals surface area contributed by atoms with Crippen LogP contribution in [0.5, 0.6) is 0 Å². The molecule has 1 fully saturated rings. The van der Waals surface area contributed by atoms with Crippen LogP contribution in [-0.4, -0.2) is 25.0 Å². The molecule has 0 aromatic carbocycles. The van der Waals surface area contributed by atoms with Crippen LogP contribution >= 0.6 is 11.3 Å². The Bertz CT molecular complexity index is 338. The Labute approximate surface area is 109 Å². The van der Waals surface area contributed by atoms with Crippen molar-refractivity contribution in [3.05, 3.63) is 21.4 Å². The minimum atomic E-state index is 1.01. The van der Waals surface area contributed by atoms with Gasteiger partial charge in [-0.2, -0.15) is 0 Å². The molecule has 0 amide bonds. The lowest BCUT2D eigenvalue weighted by atomic mass is 10.2. The van der Waals surface area contributed by atoms with E-state index in [1.54, 1.807) is 5.56 Å². The average Bonchev–Trinajstić information content (AvgIpc) is 2.54. The summed E-state index contributed by atoms with van der Waals surface area (Å²) in [4.78, 5) is 5.60. The summed E-state index contributed by atoms with van der Waals surface area (Å²) < 4.78 is 0. The van der Waals surface area contributed by atoms with Crippen LogP contribution in [0, 0.1) is 6.92 Å². The van der Waals surface area contributed by atoms with Gasteiger partial charge in [-0.3, -0.25) is 4.90 Å². The smallest absolute Gasteiger partial charge is 0.0296 e. The third-order valence-corrected chi connectivity index (χ3v) is 4.61. The highest BCUT2D eigenvalue weighted by molar-refractivity contribution is 7.12. The Balaban J connectivity index is 1.96. The van der Waals surface area contributed by atoms with Crippen LogP contribution in [-0.2, 0) is 13.1 Å². The molecule has 96 valence electrons. The Morgan fingerprint density at radius 3 is 2.59 bits per heavy atom. The second-order valence-corrected chi connectivity index (χ2v) is 6.36. The van der Waals surface area contributed by atoms with Crippen LogP contribution in [0.3, 0.4) is 0 Å². The van der Waals surface area contributed by atoms with Crippen molar-refractivity contribution >= 4 is 11.3 Å². The molecule has 0 aliphatic carbocycles. The summed E-state index contributed by atoms with van der Waals surface area (Å²) in [7, 11) is 2.02. The fourth-order valence-corrected chi connectivity index (χ4v) is 3.61. The maximum atomic E-state index is 3.23. The van der Waals surface area contributed by atoms with E-state index in [-0.39, 0.29) is 0 Å². The fraction of sp³-hybridized carbons (Fsp3) is 0.714. The summed E-state index contributed by atoms with van der Waals surface area (Å²) in [5.41, 5.74) is 1.54. The van der Waals surface area contributed by atoms with Crippen molar-refractivity contribution in [3.63, 3.8) is 0 Å². The molecule has 1 aliphatic heterocycles. The Kier molecular flexibility index (Phi) is 5.01. The van der Waals surface area contributed by atoms with Crippen LogP contribution < -0.4 is 5.32 Å². The normalized spacial score (nSPS) is 18.2. The second-order valence-electron chi connectivity index (χ2n) is 5.01. The molecular weight excluding hydrogens is 228 g/mol. The minimum absolute atomic E-state index is 1.01. The van der Waals surface area contributed by atoms with E-state index in [1.807, 2.05) is 18.4 Å². The molecule has 0 unspecified atom stereocenters. The van der Waals surface area contributed by atoms with Crippen LogP contribution in [0.15, 0.2) is 6.07 Å². The van der Waals surface area contributed by atoms with Crippen LogP contribution in [0.1, 0.15) is 41.0 Å². The topological polar surface area (TPSA) is 15.3 Å². The lowest BCUT2D eigenvalue weighted by Gasteiger charge is -2.19. The number of hydrogen-bond donors (Lipinski definition) is 1. The molecule has 0 bridgehead atoms. The molecule has 2 heterocycles. The largest absolute Gasteiger partial charge is 0.315 e. The predicted octanol–water partition coefficient (Wildman–Crippen LogP) is 3.15. The van der Waals surface area contributed by atoms with Crippen molar-refractivity contribution in [2.24, 2.45) is 0 Å². The standard InChI is InChI=1S/C14H24N2S/c1-12-13(9-14(17-12)10-15-2)11-16-7-5-3-4-6-8-16/h9,15H,3-8,10-11H2,1-2H3. The van der Waals surface area contributed by atoms with Gasteiger partial charge in [0.05, 0.1) is 0 Å². The van der Waals surface area contributed by atoms with E-state index in [0.29, 0.717) is 0 Å². The SMILES string of the molecule is CNCc1cc(CN2CCCCCC2)c(C)s1. The van der Waals surface area contributed by atoms with Crippen molar-refractivity contribution in [3.8, 4) is 0 Å². The van der Waals surface area contributed by atoms with Gasteiger partial charge in [-0.05, 0) is 51.5 Å². The third kappa shape index (κ3) is 3.80. The number of aryl methyl sites for hydroxylation is 1. The van der Waals surface area contributed by atoms with Gasteiger partial charge in [-0.15, -0.1) is 11.3 Å². The zero-order valence-electron chi connectivity index (χ0n) is 11.1. The monoisotopic (exact) mass is 252 g/mol. The van der Waals surface area contributed by atoms with Crippen molar-refractivity contribution < 1.29 is 0 Å². The Morgan fingerprint density at radius 1 is 1.24 bits per heavy atom. The Morgan fingerprint density at radius 2 is 1.94 bits per heavy atom. The van der Waals surface area contributed by atoms with Gasteiger partial charge < -0.3 is 5.32 Å². The first-order valence-electron chi connectivity index (χ1n) is 6.74. The van der Waals surface area contributed by atoms with E-state index in [4.69, 9.17) is 0 Å². The minimum Gasteiger partial charge on any atom is -0.315 e. The van der Waals surface area contributed by atoms with Crippen molar-refractivity contribution in [2.75, 3.05) is 20.1 Å². The van der Waals surface area contributed by atoms with Gasteiger partial charge in [0.15, 0.2) is 0 Å². The van der Waals surface area contributed by atoms with E-state index < -0.39 is 0 Å². The predicted molar refractivity (Wildman–Crippen MR) is 75.6 cm³/mol. The molecular formula is C14H24N2S. The van der Waals surface area contributed by atoms with E-state index >= 15 is 0 Å². The lowest BCUT2D eigenvalue weighted by Crippen LogP contribution is -2.24. The van der Waals surface area contributed by atoms with Gasteiger partial charge in [0.2, 0.25) is 0 Å². The summed E-state index contributed by atoms with van der Waals surface area (Å²) in [5, 5.41) is 3.23. The fourth-order valence-electron chi connectivity index (χ4n) is 2.54. The highest BCUT2D eigenvalue weighted by Gasteiger charge is 2.12. The lowest BCUT2D eigenvalue weighted by molar-refractivity contribution is 0.277. The second kappa shape index (κ2) is 6.53. The van der Waals surface area contributed by atoms with E-state index in [0.717, 1.165) is 13.1 Å². The number of nitrogens with zero attached hydrogens (tertiary/aromatic N) is 1. The molecule has 2 rings (SSSR count). The maximum absolute atomic E-state index is 3.23. The van der Waals surface area contributed by atoms with Gasteiger partial charge in [-0.25, -0.2) is 0 Å². The molecule has 1 N–H and O–H groups in total. The third-order valence-electron chi connectivity index (χ3n) is 3.52. The number of likely N-dealkylation sites (tertiary alicyclic amines) is 1. The van der Waals surface area contributed by atoms with Gasteiger partial charge in [-0.1, -0.05) is 12.8 Å². The quantitative estimate of drug-likeness (QED) is 0.885. The summed E-state index contributed by atoms with van der Waals surface area (Å²) >= 11 is 1.94. The highest BCUT2D eigenvalue weighted by Crippen LogP contribution is 2.23. The van der Waals surface area contributed by atoms with Gasteiger partial charge in [0, 0.05) is 22.8 Å². The molecule has 1 saturated heterocycles. The van der Waals surface area contributed by atoms with Gasteiger partial charge in [0.25, 0.3) is 0 Å². The molecule has 0 radical (unpaired) electrons. The molecule has 1 aliphatic rings. The van der Waals surface area contributed by atoms with Crippen LogP contribution in [0.2, 0.25) is 0 Å².